The first-order valence-electron chi connectivity index (χ1n) is 11.1. The SMILES string of the molecule is CCCCCCCCCCC1(S(=O)(=O)O)Nc2ccccc2N1Cc1ccccc1. The van der Waals surface area contributed by atoms with Crippen LogP contribution in [0.3, 0.4) is 0 Å². The van der Waals surface area contributed by atoms with Crippen LogP contribution in [0.2, 0.25) is 0 Å². The summed E-state index contributed by atoms with van der Waals surface area (Å²) in [5, 5.41) is 3.17. The molecule has 1 aliphatic heterocycles. The van der Waals surface area contributed by atoms with Gasteiger partial charge in [0.2, 0.25) is 4.99 Å². The summed E-state index contributed by atoms with van der Waals surface area (Å²) in [5.41, 5.74) is 2.55. The van der Waals surface area contributed by atoms with E-state index in [0.717, 1.165) is 36.2 Å². The molecule has 0 radical (unpaired) electrons. The van der Waals surface area contributed by atoms with E-state index in [1.54, 1.807) is 0 Å². The Labute approximate surface area is 181 Å². The van der Waals surface area contributed by atoms with Crippen LogP contribution in [0.5, 0.6) is 0 Å². The summed E-state index contributed by atoms with van der Waals surface area (Å²) >= 11 is 0. The fourth-order valence-electron chi connectivity index (χ4n) is 4.29. The lowest BCUT2D eigenvalue weighted by molar-refractivity contribution is 0.408. The number of benzene rings is 2. The van der Waals surface area contributed by atoms with Crippen molar-refractivity contribution in [3.63, 3.8) is 0 Å². The molecule has 1 heterocycles. The zero-order chi connectivity index (χ0) is 21.5. The molecular weight excluding hydrogens is 396 g/mol. The Kier molecular flexibility index (Phi) is 7.78. The molecule has 0 aromatic heterocycles. The van der Waals surface area contributed by atoms with Crippen LogP contribution in [0.15, 0.2) is 54.6 Å². The van der Waals surface area contributed by atoms with E-state index in [-0.39, 0.29) is 0 Å². The highest BCUT2D eigenvalue weighted by atomic mass is 32.2. The van der Waals surface area contributed by atoms with Crippen LogP contribution in [0, 0.1) is 0 Å². The van der Waals surface area contributed by atoms with Crippen molar-refractivity contribution in [2.45, 2.75) is 76.3 Å². The van der Waals surface area contributed by atoms with Crippen LogP contribution in [0.25, 0.3) is 0 Å². The molecule has 0 saturated heterocycles. The van der Waals surface area contributed by atoms with E-state index in [0.29, 0.717) is 13.0 Å². The molecule has 30 heavy (non-hydrogen) atoms. The number of rotatable bonds is 12. The summed E-state index contributed by atoms with van der Waals surface area (Å²) in [5.74, 6) is 0. The molecule has 1 unspecified atom stereocenters. The molecule has 0 saturated carbocycles. The Hall–Kier alpha value is -2.05. The molecule has 0 aliphatic carbocycles. The minimum atomic E-state index is -4.39. The molecule has 0 amide bonds. The van der Waals surface area contributed by atoms with Gasteiger partial charge < -0.3 is 10.2 Å². The van der Waals surface area contributed by atoms with Gasteiger partial charge in [0.05, 0.1) is 11.4 Å². The van der Waals surface area contributed by atoms with Crippen molar-refractivity contribution in [2.24, 2.45) is 0 Å². The van der Waals surface area contributed by atoms with Gasteiger partial charge in [-0.3, -0.25) is 4.55 Å². The maximum atomic E-state index is 12.7. The lowest BCUT2D eigenvalue weighted by Crippen LogP contribution is -2.56. The van der Waals surface area contributed by atoms with Crippen molar-refractivity contribution < 1.29 is 13.0 Å². The average molecular weight is 431 g/mol. The van der Waals surface area contributed by atoms with E-state index < -0.39 is 15.1 Å². The van der Waals surface area contributed by atoms with Gasteiger partial charge in [-0.05, 0) is 24.1 Å². The molecule has 6 heteroatoms. The molecule has 3 rings (SSSR count). The third-order valence-corrected chi connectivity index (χ3v) is 7.32. The van der Waals surface area contributed by atoms with Crippen LogP contribution in [-0.4, -0.2) is 18.0 Å². The summed E-state index contributed by atoms with van der Waals surface area (Å²) < 4.78 is 35.8. The van der Waals surface area contributed by atoms with Gasteiger partial charge in [-0.15, -0.1) is 0 Å². The summed E-state index contributed by atoms with van der Waals surface area (Å²) in [4.78, 5) is 0.281. The molecule has 164 valence electrons. The van der Waals surface area contributed by atoms with Gasteiger partial charge in [0.25, 0.3) is 0 Å². The van der Waals surface area contributed by atoms with Crippen LogP contribution >= 0.6 is 0 Å². The molecule has 1 aliphatic rings. The number of hydrogen-bond donors (Lipinski definition) is 2. The lowest BCUT2D eigenvalue weighted by Gasteiger charge is -2.37. The van der Waals surface area contributed by atoms with E-state index in [1.165, 1.54) is 32.1 Å². The van der Waals surface area contributed by atoms with Crippen molar-refractivity contribution in [1.29, 1.82) is 0 Å². The van der Waals surface area contributed by atoms with Gasteiger partial charge in [-0.1, -0.05) is 94.3 Å². The third kappa shape index (κ3) is 5.16. The first kappa shape index (κ1) is 22.6. The first-order valence-corrected chi connectivity index (χ1v) is 12.6. The number of anilines is 2. The fraction of sp³-hybridized carbons (Fsp3) is 0.500. The summed E-state index contributed by atoms with van der Waals surface area (Å²) in [6, 6.07) is 17.3. The van der Waals surface area contributed by atoms with Crippen molar-refractivity contribution in [3.05, 3.63) is 60.2 Å². The number of para-hydroxylation sites is 2. The van der Waals surface area contributed by atoms with Crippen molar-refractivity contribution in [2.75, 3.05) is 10.2 Å². The van der Waals surface area contributed by atoms with Gasteiger partial charge in [-0.25, -0.2) is 0 Å². The molecule has 0 spiro atoms. The van der Waals surface area contributed by atoms with Crippen LogP contribution in [0.1, 0.15) is 70.3 Å². The number of hydrogen-bond acceptors (Lipinski definition) is 4. The zero-order valence-electron chi connectivity index (χ0n) is 17.9. The maximum absolute atomic E-state index is 12.7. The van der Waals surface area contributed by atoms with E-state index in [9.17, 15) is 13.0 Å². The van der Waals surface area contributed by atoms with E-state index in [1.807, 2.05) is 59.5 Å². The summed E-state index contributed by atoms with van der Waals surface area (Å²) in [7, 11) is -4.39. The smallest absolute Gasteiger partial charge is 0.308 e. The zero-order valence-corrected chi connectivity index (χ0v) is 18.7. The van der Waals surface area contributed by atoms with Crippen molar-refractivity contribution >= 4 is 21.5 Å². The largest absolute Gasteiger partial charge is 0.346 e. The number of unbranched alkanes of at least 4 members (excludes halogenated alkanes) is 7. The Morgan fingerprint density at radius 1 is 0.867 bits per heavy atom. The van der Waals surface area contributed by atoms with Gasteiger partial charge in [0.15, 0.2) is 0 Å². The number of fused-ring (bicyclic) bond motifs is 1. The molecule has 0 bridgehead atoms. The Balaban J connectivity index is 1.75. The number of nitrogens with zero attached hydrogens (tertiary/aromatic N) is 1. The minimum absolute atomic E-state index is 0.336. The fourth-order valence-corrected chi connectivity index (χ4v) is 5.38. The second-order valence-corrected chi connectivity index (χ2v) is 9.82. The first-order chi connectivity index (χ1) is 14.5. The third-order valence-electron chi connectivity index (χ3n) is 5.94. The van der Waals surface area contributed by atoms with Crippen LogP contribution in [0.4, 0.5) is 11.4 Å². The highest BCUT2D eigenvalue weighted by Crippen LogP contribution is 2.45. The van der Waals surface area contributed by atoms with E-state index in [4.69, 9.17) is 0 Å². The lowest BCUT2D eigenvalue weighted by atomic mass is 10.1. The van der Waals surface area contributed by atoms with E-state index >= 15 is 0 Å². The molecule has 2 aromatic rings. The van der Waals surface area contributed by atoms with Crippen LogP contribution in [-0.2, 0) is 16.7 Å². The average Bonchev–Trinajstić information content (AvgIpc) is 3.05. The highest BCUT2D eigenvalue weighted by molar-refractivity contribution is 7.87. The Morgan fingerprint density at radius 3 is 2.13 bits per heavy atom. The molecule has 0 fully saturated rings. The minimum Gasteiger partial charge on any atom is -0.346 e. The monoisotopic (exact) mass is 430 g/mol. The quantitative estimate of drug-likeness (QED) is 0.310. The normalized spacial score (nSPS) is 18.3. The number of nitrogens with one attached hydrogen (secondary N) is 1. The second kappa shape index (κ2) is 10.3. The van der Waals surface area contributed by atoms with Gasteiger partial charge in [0.1, 0.15) is 0 Å². The standard InChI is InChI=1S/C24H34N2O3S/c1-2-3-4-5-6-7-8-14-19-24(30(27,28)29)25-22-17-12-13-18-23(22)26(24)20-21-15-10-9-11-16-21/h9-13,15-18,25H,2-8,14,19-20H2,1H3,(H,27,28,29). The van der Waals surface area contributed by atoms with Gasteiger partial charge >= 0.3 is 10.1 Å². The molecule has 2 aromatic carbocycles. The second-order valence-electron chi connectivity index (χ2n) is 8.20. The molecular formula is C24H34N2O3S. The van der Waals surface area contributed by atoms with Gasteiger partial charge in [-0.2, -0.15) is 8.42 Å². The predicted octanol–water partition coefficient (Wildman–Crippen LogP) is 6.19. The predicted molar refractivity (Wildman–Crippen MR) is 124 cm³/mol. The molecule has 2 N–H and O–H groups in total. The topological polar surface area (TPSA) is 69.6 Å². The Bertz CT molecular complexity index is 902. The summed E-state index contributed by atoms with van der Waals surface area (Å²) in [6.07, 6.45) is 9.33. The maximum Gasteiger partial charge on any atom is 0.308 e. The van der Waals surface area contributed by atoms with Gasteiger partial charge in [0, 0.05) is 13.0 Å². The van der Waals surface area contributed by atoms with Crippen molar-refractivity contribution in [3.8, 4) is 0 Å². The highest BCUT2D eigenvalue weighted by Gasteiger charge is 2.52. The Morgan fingerprint density at radius 2 is 1.47 bits per heavy atom. The summed E-state index contributed by atoms with van der Waals surface area (Å²) in [6.45, 7) is 2.62. The van der Waals surface area contributed by atoms with Crippen LogP contribution < -0.4 is 10.2 Å². The molecule has 5 nitrogen and oxygen atoms in total. The molecule has 1 atom stereocenters. The van der Waals surface area contributed by atoms with Crippen molar-refractivity contribution in [1.82, 2.24) is 0 Å². The van der Waals surface area contributed by atoms with E-state index in [2.05, 4.69) is 12.2 Å².